The summed E-state index contributed by atoms with van der Waals surface area (Å²) in [5.41, 5.74) is 8.08. The largest absolute Gasteiger partial charge is 0.337 e. The van der Waals surface area contributed by atoms with Crippen LogP contribution in [-0.2, 0) is 0 Å². The van der Waals surface area contributed by atoms with Crippen molar-refractivity contribution in [1.82, 2.24) is 19.9 Å². The van der Waals surface area contributed by atoms with E-state index in [1.807, 2.05) is 36.1 Å². The zero-order valence-electron chi connectivity index (χ0n) is 14.2. The molecule has 0 aliphatic carbocycles. The highest BCUT2D eigenvalue weighted by molar-refractivity contribution is 9.10. The van der Waals surface area contributed by atoms with Crippen molar-refractivity contribution >= 4 is 21.8 Å². The minimum Gasteiger partial charge on any atom is -0.337 e. The van der Waals surface area contributed by atoms with Crippen LogP contribution in [-0.4, -0.2) is 44.9 Å². The molecular formula is C17H22BrN5O. The van der Waals surface area contributed by atoms with Gasteiger partial charge in [0.1, 0.15) is 0 Å². The molecule has 1 aliphatic rings. The van der Waals surface area contributed by atoms with Crippen molar-refractivity contribution in [3.8, 4) is 5.69 Å². The second-order valence-electron chi connectivity index (χ2n) is 7.03. The van der Waals surface area contributed by atoms with Crippen LogP contribution >= 0.6 is 15.9 Å². The highest BCUT2D eigenvalue weighted by atomic mass is 79.9. The first-order valence-electron chi connectivity index (χ1n) is 8.03. The quantitative estimate of drug-likeness (QED) is 0.852. The maximum absolute atomic E-state index is 12.9. The standard InChI is InChI=1S/C17H22BrN5O/c1-11-15(16(24)22-8-7-14(19)17(2,3)10-22)20-21-23(11)13-6-4-5-12(18)9-13/h4-6,9,14H,7-8,10,19H2,1-3H3. The predicted molar refractivity (Wildman–Crippen MR) is 96.1 cm³/mol. The lowest BCUT2D eigenvalue weighted by atomic mass is 9.79. The summed E-state index contributed by atoms with van der Waals surface area (Å²) in [6.07, 6.45) is 0.803. The summed E-state index contributed by atoms with van der Waals surface area (Å²) >= 11 is 3.45. The normalized spacial score (nSPS) is 20.2. The lowest BCUT2D eigenvalue weighted by Gasteiger charge is -2.42. The highest BCUT2D eigenvalue weighted by Gasteiger charge is 2.36. The lowest BCUT2D eigenvalue weighted by Crippen LogP contribution is -2.54. The number of benzene rings is 1. The number of halogens is 1. The molecule has 1 aromatic carbocycles. The summed E-state index contributed by atoms with van der Waals surface area (Å²) in [6, 6.07) is 7.86. The minimum absolute atomic E-state index is 0.0753. The molecule has 1 unspecified atom stereocenters. The Hall–Kier alpha value is -1.73. The average Bonchev–Trinajstić information content (AvgIpc) is 2.91. The van der Waals surface area contributed by atoms with Crippen LogP contribution in [0.25, 0.3) is 5.69 Å². The van der Waals surface area contributed by atoms with Gasteiger partial charge in [-0.1, -0.05) is 41.1 Å². The SMILES string of the molecule is Cc1c(C(=O)N2CCC(N)C(C)(C)C2)nnn1-c1cccc(Br)c1. The zero-order chi connectivity index (χ0) is 17.5. The lowest BCUT2D eigenvalue weighted by molar-refractivity contribution is 0.0526. The zero-order valence-corrected chi connectivity index (χ0v) is 15.7. The first-order valence-corrected chi connectivity index (χ1v) is 8.82. The van der Waals surface area contributed by atoms with Crippen LogP contribution < -0.4 is 5.73 Å². The molecule has 3 rings (SSSR count). The van der Waals surface area contributed by atoms with Gasteiger partial charge in [0, 0.05) is 23.6 Å². The molecule has 1 fully saturated rings. The molecule has 7 heteroatoms. The molecule has 24 heavy (non-hydrogen) atoms. The monoisotopic (exact) mass is 391 g/mol. The van der Waals surface area contributed by atoms with Gasteiger partial charge in [0.25, 0.3) is 5.91 Å². The van der Waals surface area contributed by atoms with Crippen LogP contribution in [0.2, 0.25) is 0 Å². The maximum Gasteiger partial charge on any atom is 0.276 e. The van der Waals surface area contributed by atoms with Gasteiger partial charge < -0.3 is 10.6 Å². The fourth-order valence-corrected chi connectivity index (χ4v) is 3.46. The van der Waals surface area contributed by atoms with Crippen LogP contribution in [0.4, 0.5) is 0 Å². The topological polar surface area (TPSA) is 77.0 Å². The number of carbonyl (C=O) groups excluding carboxylic acids is 1. The molecule has 0 spiro atoms. The van der Waals surface area contributed by atoms with Crippen LogP contribution in [0, 0.1) is 12.3 Å². The highest BCUT2D eigenvalue weighted by Crippen LogP contribution is 2.29. The second-order valence-corrected chi connectivity index (χ2v) is 7.94. The Morgan fingerprint density at radius 1 is 1.42 bits per heavy atom. The van der Waals surface area contributed by atoms with Gasteiger partial charge in [-0.3, -0.25) is 4.79 Å². The van der Waals surface area contributed by atoms with Gasteiger partial charge >= 0.3 is 0 Å². The Labute approximate surface area is 150 Å². The van der Waals surface area contributed by atoms with Crippen molar-refractivity contribution < 1.29 is 4.79 Å². The van der Waals surface area contributed by atoms with Crippen LogP contribution in [0.5, 0.6) is 0 Å². The van der Waals surface area contributed by atoms with Gasteiger partial charge in [-0.15, -0.1) is 5.10 Å². The van der Waals surface area contributed by atoms with Gasteiger partial charge in [-0.25, -0.2) is 4.68 Å². The van der Waals surface area contributed by atoms with Crippen LogP contribution in [0.1, 0.15) is 36.5 Å². The number of nitrogens with two attached hydrogens (primary N) is 1. The van der Waals surface area contributed by atoms with Crippen molar-refractivity contribution in [3.63, 3.8) is 0 Å². The van der Waals surface area contributed by atoms with Gasteiger partial charge in [-0.2, -0.15) is 0 Å². The number of piperidine rings is 1. The molecule has 0 saturated carbocycles. The average molecular weight is 392 g/mol. The van der Waals surface area contributed by atoms with Crippen LogP contribution in [0.15, 0.2) is 28.7 Å². The number of hydrogen-bond acceptors (Lipinski definition) is 4. The molecule has 1 aliphatic heterocycles. The molecule has 128 valence electrons. The van der Waals surface area contributed by atoms with E-state index in [4.69, 9.17) is 5.73 Å². The smallest absolute Gasteiger partial charge is 0.276 e. The van der Waals surface area contributed by atoms with Crippen molar-refractivity contribution in [2.24, 2.45) is 11.1 Å². The third-order valence-electron chi connectivity index (χ3n) is 4.75. The van der Waals surface area contributed by atoms with E-state index < -0.39 is 0 Å². The molecule has 0 radical (unpaired) electrons. The Morgan fingerprint density at radius 3 is 2.83 bits per heavy atom. The Morgan fingerprint density at radius 2 is 2.17 bits per heavy atom. The van der Waals surface area contributed by atoms with Gasteiger partial charge in [0.15, 0.2) is 5.69 Å². The molecule has 1 saturated heterocycles. The molecule has 2 aromatic rings. The number of aromatic nitrogens is 3. The molecule has 0 bridgehead atoms. The molecule has 2 heterocycles. The third kappa shape index (κ3) is 3.10. The fourth-order valence-electron chi connectivity index (χ4n) is 3.08. The number of carbonyl (C=O) groups is 1. The molecular weight excluding hydrogens is 370 g/mol. The third-order valence-corrected chi connectivity index (χ3v) is 5.24. The van der Waals surface area contributed by atoms with Gasteiger partial charge in [0.05, 0.1) is 11.4 Å². The van der Waals surface area contributed by atoms with E-state index in [0.29, 0.717) is 18.8 Å². The Bertz CT molecular complexity index is 770. The van der Waals surface area contributed by atoms with E-state index in [9.17, 15) is 4.79 Å². The van der Waals surface area contributed by atoms with E-state index in [1.165, 1.54) is 0 Å². The van der Waals surface area contributed by atoms with Crippen molar-refractivity contribution in [1.29, 1.82) is 0 Å². The number of amides is 1. The van der Waals surface area contributed by atoms with E-state index in [0.717, 1.165) is 22.3 Å². The van der Waals surface area contributed by atoms with E-state index in [1.54, 1.807) is 4.68 Å². The molecule has 1 aromatic heterocycles. The van der Waals surface area contributed by atoms with Gasteiger partial charge in [0.2, 0.25) is 0 Å². The Kier molecular flexibility index (Phi) is 4.48. The number of nitrogens with zero attached hydrogens (tertiary/aromatic N) is 4. The first kappa shape index (κ1) is 17.1. The number of rotatable bonds is 2. The fraction of sp³-hybridized carbons (Fsp3) is 0.471. The van der Waals surface area contributed by atoms with E-state index >= 15 is 0 Å². The van der Waals surface area contributed by atoms with Crippen molar-refractivity contribution in [2.45, 2.75) is 33.2 Å². The molecule has 6 nitrogen and oxygen atoms in total. The minimum atomic E-state index is -0.0951. The second kappa shape index (κ2) is 6.29. The van der Waals surface area contributed by atoms with Crippen molar-refractivity contribution in [2.75, 3.05) is 13.1 Å². The Balaban J connectivity index is 1.87. The van der Waals surface area contributed by atoms with Crippen LogP contribution in [0.3, 0.4) is 0 Å². The van der Waals surface area contributed by atoms with Crippen molar-refractivity contribution in [3.05, 3.63) is 40.1 Å². The molecule has 1 amide bonds. The van der Waals surface area contributed by atoms with E-state index in [-0.39, 0.29) is 17.4 Å². The number of likely N-dealkylation sites (tertiary alicyclic amines) is 1. The summed E-state index contributed by atoms with van der Waals surface area (Å²) in [5.74, 6) is -0.0753. The molecule has 1 atom stereocenters. The maximum atomic E-state index is 12.9. The summed E-state index contributed by atoms with van der Waals surface area (Å²) in [5, 5.41) is 8.31. The summed E-state index contributed by atoms with van der Waals surface area (Å²) in [6.45, 7) is 7.36. The summed E-state index contributed by atoms with van der Waals surface area (Å²) < 4.78 is 2.65. The number of hydrogen-bond donors (Lipinski definition) is 1. The summed E-state index contributed by atoms with van der Waals surface area (Å²) in [4.78, 5) is 14.7. The van der Waals surface area contributed by atoms with Gasteiger partial charge in [-0.05, 0) is 37.0 Å². The van der Waals surface area contributed by atoms with E-state index in [2.05, 4.69) is 40.1 Å². The first-order chi connectivity index (χ1) is 11.3. The summed E-state index contributed by atoms with van der Waals surface area (Å²) in [7, 11) is 0. The predicted octanol–water partition coefficient (Wildman–Crippen LogP) is 2.54. The molecule has 2 N–H and O–H groups in total.